The summed E-state index contributed by atoms with van der Waals surface area (Å²) in [5.41, 5.74) is 8.38. The van der Waals surface area contributed by atoms with Crippen molar-refractivity contribution in [3.05, 3.63) is 36.1 Å². The van der Waals surface area contributed by atoms with Gasteiger partial charge in [0.15, 0.2) is 0 Å². The largest absolute Gasteiger partial charge is 0.368 e. The number of nitrogens with two attached hydrogens (primary N) is 1. The van der Waals surface area contributed by atoms with Crippen LogP contribution in [0.15, 0.2) is 30.3 Å². The molecular weight excluding hydrogens is 307 g/mol. The number of hydrogen-bond donors (Lipinski definition) is 2. The van der Waals surface area contributed by atoms with Crippen molar-refractivity contribution in [2.24, 2.45) is 0 Å². The molecule has 6 nitrogen and oxygen atoms in total. The number of halogens is 1. The molecule has 1 aliphatic rings. The molecule has 24 heavy (non-hydrogen) atoms. The van der Waals surface area contributed by atoms with E-state index in [1.807, 2.05) is 6.07 Å². The second-order valence-electron chi connectivity index (χ2n) is 6.15. The number of H-pyrrole nitrogens is 1. The molecule has 124 valence electrons. The van der Waals surface area contributed by atoms with Crippen molar-refractivity contribution in [2.45, 2.75) is 0 Å². The average Bonchev–Trinajstić information content (AvgIpc) is 2.99. The fourth-order valence-corrected chi connectivity index (χ4v) is 3.05. The molecule has 1 aromatic carbocycles. The molecule has 3 heterocycles. The van der Waals surface area contributed by atoms with Gasteiger partial charge in [0.1, 0.15) is 17.3 Å². The number of rotatable bonds is 2. The van der Waals surface area contributed by atoms with Crippen molar-refractivity contribution in [1.82, 2.24) is 19.9 Å². The van der Waals surface area contributed by atoms with Crippen LogP contribution in [0.25, 0.3) is 22.3 Å². The SMILES string of the molecule is CN1CCN(c2nc(N)nc3[nH]c(-c4ccc(F)cc4)cc23)CC1. The Morgan fingerprint density at radius 1 is 1.08 bits per heavy atom. The van der Waals surface area contributed by atoms with Crippen LogP contribution in [-0.2, 0) is 0 Å². The van der Waals surface area contributed by atoms with Gasteiger partial charge in [-0.2, -0.15) is 9.97 Å². The molecule has 1 fully saturated rings. The van der Waals surface area contributed by atoms with E-state index in [1.54, 1.807) is 12.1 Å². The number of nitrogen functional groups attached to an aromatic ring is 1. The maximum atomic E-state index is 13.1. The Bertz CT molecular complexity index is 865. The first kappa shape index (κ1) is 14.9. The predicted molar refractivity (Wildman–Crippen MR) is 93.4 cm³/mol. The highest BCUT2D eigenvalue weighted by molar-refractivity contribution is 5.92. The summed E-state index contributed by atoms with van der Waals surface area (Å²) in [6.07, 6.45) is 0. The summed E-state index contributed by atoms with van der Waals surface area (Å²) in [6, 6.07) is 8.39. The second-order valence-corrected chi connectivity index (χ2v) is 6.15. The van der Waals surface area contributed by atoms with E-state index in [9.17, 15) is 4.39 Å². The summed E-state index contributed by atoms with van der Waals surface area (Å²) >= 11 is 0. The van der Waals surface area contributed by atoms with Crippen molar-refractivity contribution >= 4 is 22.8 Å². The highest BCUT2D eigenvalue weighted by atomic mass is 19.1. The van der Waals surface area contributed by atoms with Crippen LogP contribution in [0, 0.1) is 5.82 Å². The Morgan fingerprint density at radius 3 is 2.50 bits per heavy atom. The van der Waals surface area contributed by atoms with Crippen molar-refractivity contribution in [1.29, 1.82) is 0 Å². The number of fused-ring (bicyclic) bond motifs is 1. The summed E-state index contributed by atoms with van der Waals surface area (Å²) in [6.45, 7) is 3.78. The number of anilines is 2. The molecule has 1 saturated heterocycles. The molecule has 2 aromatic heterocycles. The van der Waals surface area contributed by atoms with E-state index in [2.05, 4.69) is 31.8 Å². The van der Waals surface area contributed by atoms with E-state index in [4.69, 9.17) is 5.73 Å². The third kappa shape index (κ3) is 2.67. The van der Waals surface area contributed by atoms with Gasteiger partial charge in [-0.1, -0.05) is 0 Å². The molecule has 0 radical (unpaired) electrons. The number of likely N-dealkylation sites (N-methyl/N-ethyl adjacent to an activating group) is 1. The Labute approximate surface area is 139 Å². The lowest BCUT2D eigenvalue weighted by Crippen LogP contribution is -2.45. The number of nitrogens with one attached hydrogen (secondary N) is 1. The predicted octanol–water partition coefficient (Wildman–Crippen LogP) is 2.10. The van der Waals surface area contributed by atoms with Gasteiger partial charge in [-0.3, -0.25) is 0 Å². The maximum absolute atomic E-state index is 13.1. The van der Waals surface area contributed by atoms with E-state index in [-0.39, 0.29) is 11.8 Å². The molecule has 0 spiro atoms. The third-order valence-electron chi connectivity index (χ3n) is 4.44. The lowest BCUT2D eigenvalue weighted by Gasteiger charge is -2.33. The van der Waals surface area contributed by atoms with Gasteiger partial charge < -0.3 is 20.5 Å². The van der Waals surface area contributed by atoms with Crippen molar-refractivity contribution < 1.29 is 4.39 Å². The molecule has 7 heteroatoms. The molecular formula is C17H19FN6. The van der Waals surface area contributed by atoms with Gasteiger partial charge in [0.2, 0.25) is 5.95 Å². The van der Waals surface area contributed by atoms with Gasteiger partial charge in [0.25, 0.3) is 0 Å². The zero-order valence-corrected chi connectivity index (χ0v) is 13.5. The van der Waals surface area contributed by atoms with Gasteiger partial charge in [0.05, 0.1) is 5.39 Å². The molecule has 3 N–H and O–H groups in total. The highest BCUT2D eigenvalue weighted by Crippen LogP contribution is 2.30. The molecule has 0 saturated carbocycles. The quantitative estimate of drug-likeness (QED) is 0.754. The first-order valence-electron chi connectivity index (χ1n) is 7.96. The lowest BCUT2D eigenvalue weighted by atomic mass is 10.1. The number of piperazine rings is 1. The minimum atomic E-state index is -0.253. The monoisotopic (exact) mass is 326 g/mol. The van der Waals surface area contributed by atoms with Gasteiger partial charge in [-0.05, 0) is 42.9 Å². The van der Waals surface area contributed by atoms with Crippen LogP contribution in [0.4, 0.5) is 16.2 Å². The Hall–Kier alpha value is -2.67. The minimum Gasteiger partial charge on any atom is -0.368 e. The van der Waals surface area contributed by atoms with Crippen molar-refractivity contribution in [2.75, 3.05) is 43.9 Å². The molecule has 1 aliphatic heterocycles. The van der Waals surface area contributed by atoms with E-state index in [0.717, 1.165) is 48.6 Å². The van der Waals surface area contributed by atoms with Gasteiger partial charge in [0, 0.05) is 31.9 Å². The summed E-state index contributed by atoms with van der Waals surface area (Å²) in [5.74, 6) is 0.858. The average molecular weight is 326 g/mol. The van der Waals surface area contributed by atoms with Crippen molar-refractivity contribution in [3.8, 4) is 11.3 Å². The molecule has 0 amide bonds. The van der Waals surface area contributed by atoms with E-state index in [0.29, 0.717) is 5.65 Å². The molecule has 0 bridgehead atoms. The summed E-state index contributed by atoms with van der Waals surface area (Å²) in [5, 5.41) is 0.938. The third-order valence-corrected chi connectivity index (χ3v) is 4.44. The number of aromatic amines is 1. The topological polar surface area (TPSA) is 74.1 Å². The number of hydrogen-bond acceptors (Lipinski definition) is 5. The van der Waals surface area contributed by atoms with Crippen LogP contribution in [-0.4, -0.2) is 53.1 Å². The van der Waals surface area contributed by atoms with Crippen LogP contribution in [0.2, 0.25) is 0 Å². The van der Waals surface area contributed by atoms with E-state index >= 15 is 0 Å². The van der Waals surface area contributed by atoms with Gasteiger partial charge >= 0.3 is 0 Å². The molecule has 0 atom stereocenters. The normalized spacial score (nSPS) is 16.0. The standard InChI is InChI=1S/C17H19FN6/c1-23-6-8-24(9-7-23)16-13-10-14(11-2-4-12(18)5-3-11)20-15(13)21-17(19)22-16/h2-5,10H,6-9H2,1H3,(H3,19,20,21,22). The van der Waals surface area contributed by atoms with E-state index < -0.39 is 0 Å². The summed E-state index contributed by atoms with van der Waals surface area (Å²) in [7, 11) is 2.12. The zero-order valence-electron chi connectivity index (χ0n) is 13.5. The van der Waals surface area contributed by atoms with Crippen LogP contribution >= 0.6 is 0 Å². The second kappa shape index (κ2) is 5.76. The van der Waals surface area contributed by atoms with E-state index in [1.165, 1.54) is 12.1 Å². The van der Waals surface area contributed by atoms with Crippen LogP contribution < -0.4 is 10.6 Å². The smallest absolute Gasteiger partial charge is 0.223 e. The first-order valence-corrected chi connectivity index (χ1v) is 7.96. The maximum Gasteiger partial charge on any atom is 0.223 e. The molecule has 4 rings (SSSR count). The Morgan fingerprint density at radius 2 is 1.79 bits per heavy atom. The number of aromatic nitrogens is 3. The molecule has 0 aliphatic carbocycles. The lowest BCUT2D eigenvalue weighted by molar-refractivity contribution is 0.312. The molecule has 3 aromatic rings. The van der Waals surface area contributed by atoms with Gasteiger partial charge in [-0.15, -0.1) is 0 Å². The van der Waals surface area contributed by atoms with Crippen molar-refractivity contribution in [3.63, 3.8) is 0 Å². The zero-order chi connectivity index (χ0) is 16.7. The number of nitrogens with zero attached hydrogens (tertiary/aromatic N) is 4. The fraction of sp³-hybridized carbons (Fsp3) is 0.294. The Kier molecular flexibility index (Phi) is 3.57. The highest BCUT2D eigenvalue weighted by Gasteiger charge is 2.20. The fourth-order valence-electron chi connectivity index (χ4n) is 3.05. The summed E-state index contributed by atoms with van der Waals surface area (Å²) in [4.78, 5) is 16.6. The molecule has 0 unspecified atom stereocenters. The van der Waals surface area contributed by atoms with Crippen LogP contribution in [0.1, 0.15) is 0 Å². The van der Waals surface area contributed by atoms with Crippen LogP contribution in [0.5, 0.6) is 0 Å². The minimum absolute atomic E-state index is 0.253. The summed E-state index contributed by atoms with van der Waals surface area (Å²) < 4.78 is 13.1. The first-order chi connectivity index (χ1) is 11.6. The van der Waals surface area contributed by atoms with Crippen LogP contribution in [0.3, 0.4) is 0 Å². The number of benzene rings is 1. The Balaban J connectivity index is 1.78. The van der Waals surface area contributed by atoms with Gasteiger partial charge in [-0.25, -0.2) is 4.39 Å².